The lowest BCUT2D eigenvalue weighted by Crippen LogP contribution is -2.37. The molecule has 2 N–H and O–H groups in total. The first-order valence-electron chi connectivity index (χ1n) is 4.28. The highest BCUT2D eigenvalue weighted by molar-refractivity contribution is 7.89. The second-order valence-corrected chi connectivity index (χ2v) is 4.73. The molecule has 1 aromatic carbocycles. The number of hydrogen-bond donors (Lipinski definition) is 1. The number of nitrogens with two attached hydrogens (primary N) is 1. The van der Waals surface area contributed by atoms with E-state index in [1.807, 2.05) is 6.07 Å². The quantitative estimate of drug-likeness (QED) is 0.595. The molecule has 0 fully saturated rings. The molecule has 0 bridgehead atoms. The zero-order chi connectivity index (χ0) is 11.3. The molecule has 0 heterocycles. The van der Waals surface area contributed by atoms with E-state index in [1.54, 1.807) is 18.2 Å². The van der Waals surface area contributed by atoms with E-state index in [0.717, 1.165) is 0 Å². The maximum atomic E-state index is 11.7. The van der Waals surface area contributed by atoms with Crippen LogP contribution in [-0.4, -0.2) is 19.4 Å². The Kier molecular flexibility index (Phi) is 3.80. The highest BCUT2D eigenvalue weighted by Gasteiger charge is 2.20. The minimum atomic E-state index is -3.65. The summed E-state index contributed by atoms with van der Waals surface area (Å²) in [5.74, 6) is 5.36. The van der Waals surface area contributed by atoms with E-state index in [9.17, 15) is 8.42 Å². The maximum Gasteiger partial charge on any atom is 0.255 e. The van der Waals surface area contributed by atoms with Gasteiger partial charge in [0, 0.05) is 6.54 Å². The second-order valence-electron chi connectivity index (χ2n) is 2.84. The molecule has 1 aromatic rings. The number of nitriles is 1. The van der Waals surface area contributed by atoms with Crippen LogP contribution >= 0.6 is 0 Å². The van der Waals surface area contributed by atoms with Gasteiger partial charge in [-0.2, -0.15) is 5.26 Å². The molecule has 0 spiro atoms. The van der Waals surface area contributed by atoms with E-state index in [4.69, 9.17) is 11.1 Å². The Morgan fingerprint density at radius 1 is 1.33 bits per heavy atom. The van der Waals surface area contributed by atoms with Crippen molar-refractivity contribution in [3.05, 3.63) is 30.3 Å². The van der Waals surface area contributed by atoms with Crippen molar-refractivity contribution in [3.8, 4) is 6.07 Å². The summed E-state index contributed by atoms with van der Waals surface area (Å²) in [6, 6.07) is 9.71. The van der Waals surface area contributed by atoms with Gasteiger partial charge < -0.3 is 0 Å². The van der Waals surface area contributed by atoms with Crippen LogP contribution in [0.25, 0.3) is 0 Å². The molecule has 0 amide bonds. The number of hydrazine groups is 1. The highest BCUT2D eigenvalue weighted by atomic mass is 32.2. The predicted molar refractivity (Wildman–Crippen MR) is 54.8 cm³/mol. The Hall–Kier alpha value is -1.42. The molecule has 1 rings (SSSR count). The van der Waals surface area contributed by atoms with Gasteiger partial charge >= 0.3 is 0 Å². The predicted octanol–water partition coefficient (Wildman–Crippen LogP) is 0.465. The summed E-state index contributed by atoms with van der Waals surface area (Å²) < 4.78 is 24.1. The molecule has 6 heteroatoms. The number of rotatable bonds is 4. The van der Waals surface area contributed by atoms with Gasteiger partial charge in [-0.3, -0.25) is 5.84 Å². The third-order valence-electron chi connectivity index (χ3n) is 1.79. The van der Waals surface area contributed by atoms with E-state index in [0.29, 0.717) is 4.41 Å². The number of benzene rings is 1. The number of sulfonamides is 1. The van der Waals surface area contributed by atoms with Crippen molar-refractivity contribution in [1.29, 1.82) is 5.26 Å². The Bertz CT molecular complexity index is 450. The summed E-state index contributed by atoms with van der Waals surface area (Å²) >= 11 is 0. The van der Waals surface area contributed by atoms with Crippen molar-refractivity contribution in [2.45, 2.75) is 11.3 Å². The topological polar surface area (TPSA) is 87.2 Å². The first-order chi connectivity index (χ1) is 7.09. The molecule has 0 atom stereocenters. The first-order valence-corrected chi connectivity index (χ1v) is 5.72. The Morgan fingerprint density at radius 3 is 2.47 bits per heavy atom. The van der Waals surface area contributed by atoms with Gasteiger partial charge in [-0.15, -0.1) is 4.41 Å². The minimum absolute atomic E-state index is 0.00622. The van der Waals surface area contributed by atoms with Crippen LogP contribution in [0.3, 0.4) is 0 Å². The van der Waals surface area contributed by atoms with Crippen LogP contribution in [0.1, 0.15) is 6.42 Å². The summed E-state index contributed by atoms with van der Waals surface area (Å²) in [7, 11) is -3.65. The minimum Gasteiger partial charge on any atom is -0.255 e. The van der Waals surface area contributed by atoms with Crippen molar-refractivity contribution >= 4 is 10.0 Å². The van der Waals surface area contributed by atoms with Gasteiger partial charge in [-0.05, 0) is 12.1 Å². The fourth-order valence-electron chi connectivity index (χ4n) is 1.01. The lowest BCUT2D eigenvalue weighted by atomic mass is 10.4. The third kappa shape index (κ3) is 2.76. The average molecular weight is 225 g/mol. The monoisotopic (exact) mass is 225 g/mol. The van der Waals surface area contributed by atoms with E-state index < -0.39 is 10.0 Å². The fourth-order valence-corrected chi connectivity index (χ4v) is 2.11. The van der Waals surface area contributed by atoms with Crippen molar-refractivity contribution < 1.29 is 8.42 Å². The number of nitrogens with zero attached hydrogens (tertiary/aromatic N) is 2. The first kappa shape index (κ1) is 11.7. The normalized spacial score (nSPS) is 11.3. The summed E-state index contributed by atoms with van der Waals surface area (Å²) in [5.41, 5.74) is 0. The Balaban J connectivity index is 2.90. The molecular formula is C9H11N3O2S. The molecular weight excluding hydrogens is 214 g/mol. The average Bonchev–Trinajstić information content (AvgIpc) is 2.27. The van der Waals surface area contributed by atoms with E-state index >= 15 is 0 Å². The molecule has 0 saturated heterocycles. The molecule has 0 aliphatic carbocycles. The van der Waals surface area contributed by atoms with Gasteiger partial charge in [0.1, 0.15) is 0 Å². The molecule has 15 heavy (non-hydrogen) atoms. The van der Waals surface area contributed by atoms with Crippen LogP contribution < -0.4 is 5.84 Å². The van der Waals surface area contributed by atoms with Crippen molar-refractivity contribution in [3.63, 3.8) is 0 Å². The highest BCUT2D eigenvalue weighted by Crippen LogP contribution is 2.11. The van der Waals surface area contributed by atoms with E-state index in [2.05, 4.69) is 0 Å². The smallest absolute Gasteiger partial charge is 0.255 e. The van der Waals surface area contributed by atoms with Gasteiger partial charge in [0.25, 0.3) is 10.0 Å². The van der Waals surface area contributed by atoms with Gasteiger partial charge in [-0.25, -0.2) is 8.42 Å². The van der Waals surface area contributed by atoms with Gasteiger partial charge in [-0.1, -0.05) is 18.2 Å². The molecule has 80 valence electrons. The largest absolute Gasteiger partial charge is 0.255 e. The van der Waals surface area contributed by atoms with Crippen LogP contribution in [0.2, 0.25) is 0 Å². The van der Waals surface area contributed by atoms with E-state index in [1.165, 1.54) is 12.1 Å². The van der Waals surface area contributed by atoms with Crippen molar-refractivity contribution in [1.82, 2.24) is 4.41 Å². The summed E-state index contributed by atoms with van der Waals surface area (Å²) in [4.78, 5) is 0.130. The van der Waals surface area contributed by atoms with Gasteiger partial charge in [0.2, 0.25) is 0 Å². The van der Waals surface area contributed by atoms with Crippen molar-refractivity contribution in [2.24, 2.45) is 5.84 Å². The summed E-state index contributed by atoms with van der Waals surface area (Å²) in [6.07, 6.45) is 0.0720. The molecule has 0 saturated carbocycles. The molecule has 0 radical (unpaired) electrons. The van der Waals surface area contributed by atoms with Gasteiger partial charge in [0.05, 0.1) is 17.4 Å². The molecule has 5 nitrogen and oxygen atoms in total. The molecule has 0 unspecified atom stereocenters. The zero-order valence-electron chi connectivity index (χ0n) is 8.00. The second kappa shape index (κ2) is 4.89. The van der Waals surface area contributed by atoms with Gasteiger partial charge in [0.15, 0.2) is 0 Å². The molecule has 0 aliphatic rings. The summed E-state index contributed by atoms with van der Waals surface area (Å²) in [6.45, 7) is -0.00622. The Morgan fingerprint density at radius 2 is 1.93 bits per heavy atom. The zero-order valence-corrected chi connectivity index (χ0v) is 8.81. The molecule has 0 aliphatic heterocycles. The number of hydrogen-bond acceptors (Lipinski definition) is 4. The van der Waals surface area contributed by atoms with E-state index in [-0.39, 0.29) is 17.9 Å². The van der Waals surface area contributed by atoms with Crippen LogP contribution in [0.15, 0.2) is 35.2 Å². The van der Waals surface area contributed by atoms with Crippen LogP contribution in [-0.2, 0) is 10.0 Å². The SMILES string of the molecule is N#CCCN(N)S(=O)(=O)c1ccccc1. The third-order valence-corrected chi connectivity index (χ3v) is 3.46. The fraction of sp³-hybridized carbons (Fsp3) is 0.222. The van der Waals surface area contributed by atoms with Crippen LogP contribution in [0.4, 0.5) is 0 Å². The standard InChI is InChI=1S/C9H11N3O2S/c10-7-4-8-12(11)15(13,14)9-5-2-1-3-6-9/h1-3,5-6H,4,8,11H2. The maximum absolute atomic E-state index is 11.7. The summed E-state index contributed by atoms with van der Waals surface area (Å²) in [5, 5.41) is 8.32. The molecule has 0 aromatic heterocycles. The lowest BCUT2D eigenvalue weighted by Gasteiger charge is -2.14. The van der Waals surface area contributed by atoms with Crippen molar-refractivity contribution in [2.75, 3.05) is 6.54 Å². The van der Waals surface area contributed by atoms with Crippen LogP contribution in [0.5, 0.6) is 0 Å². The lowest BCUT2D eigenvalue weighted by molar-refractivity contribution is 0.433. The van der Waals surface area contributed by atoms with Crippen LogP contribution in [0, 0.1) is 11.3 Å². The Labute approximate surface area is 88.7 Å².